The van der Waals surface area contributed by atoms with E-state index in [1.807, 2.05) is 0 Å². The summed E-state index contributed by atoms with van der Waals surface area (Å²) >= 11 is 1.20. The number of esters is 1. The SMILES string of the molecule is CCOC(=O)c1ccc2nc(NC(=O)c3cccc([N+](=O)[O-])c3)sc2c1. The number of hydrogen-bond acceptors (Lipinski definition) is 7. The molecule has 132 valence electrons. The predicted octanol–water partition coefficient (Wildman–Crippen LogP) is 3.63. The van der Waals surface area contributed by atoms with Crippen LogP contribution in [0.15, 0.2) is 42.5 Å². The molecule has 0 fully saturated rings. The average molecular weight is 371 g/mol. The van der Waals surface area contributed by atoms with E-state index in [1.54, 1.807) is 25.1 Å². The van der Waals surface area contributed by atoms with E-state index in [9.17, 15) is 19.7 Å². The standard InChI is InChI=1S/C17H13N3O5S/c1-2-25-16(22)11-6-7-13-14(9-11)26-17(18-13)19-15(21)10-4-3-5-12(8-10)20(23)24/h3-9H,2H2,1H3,(H,18,19,21). The number of amides is 1. The second-order valence-electron chi connectivity index (χ2n) is 5.18. The molecule has 3 rings (SSSR count). The number of anilines is 1. The number of non-ortho nitro benzene ring substituents is 1. The van der Waals surface area contributed by atoms with Gasteiger partial charge in [0.1, 0.15) is 0 Å². The largest absolute Gasteiger partial charge is 0.462 e. The summed E-state index contributed by atoms with van der Waals surface area (Å²) in [4.78, 5) is 38.6. The Kier molecular flexibility index (Phi) is 4.90. The van der Waals surface area contributed by atoms with Crippen molar-refractivity contribution >= 4 is 44.2 Å². The van der Waals surface area contributed by atoms with E-state index in [1.165, 1.54) is 35.6 Å². The summed E-state index contributed by atoms with van der Waals surface area (Å²) in [5.74, 6) is -0.927. The Bertz CT molecular complexity index is 1010. The summed E-state index contributed by atoms with van der Waals surface area (Å²) in [6.45, 7) is 2.01. The van der Waals surface area contributed by atoms with Gasteiger partial charge in [0.15, 0.2) is 5.13 Å². The molecule has 0 unspecified atom stereocenters. The molecule has 2 aromatic carbocycles. The van der Waals surface area contributed by atoms with Crippen molar-refractivity contribution in [3.05, 3.63) is 63.7 Å². The number of hydrogen-bond donors (Lipinski definition) is 1. The smallest absolute Gasteiger partial charge is 0.338 e. The molecule has 0 saturated heterocycles. The quantitative estimate of drug-likeness (QED) is 0.416. The fourth-order valence-electron chi connectivity index (χ4n) is 2.25. The Balaban J connectivity index is 1.82. The van der Waals surface area contributed by atoms with Crippen molar-refractivity contribution < 1.29 is 19.2 Å². The lowest BCUT2D eigenvalue weighted by molar-refractivity contribution is -0.384. The summed E-state index contributed by atoms with van der Waals surface area (Å²) < 4.78 is 5.67. The van der Waals surface area contributed by atoms with Crippen LogP contribution < -0.4 is 5.32 Å². The maximum absolute atomic E-state index is 12.3. The molecule has 0 aliphatic carbocycles. The third kappa shape index (κ3) is 3.67. The van der Waals surface area contributed by atoms with Crippen molar-refractivity contribution in [3.8, 4) is 0 Å². The Morgan fingerprint density at radius 2 is 2.04 bits per heavy atom. The summed E-state index contributed by atoms with van der Waals surface area (Å²) in [7, 11) is 0. The van der Waals surface area contributed by atoms with Gasteiger partial charge in [-0.1, -0.05) is 17.4 Å². The molecule has 1 aromatic heterocycles. The molecule has 1 N–H and O–H groups in total. The molecule has 1 amide bonds. The Hall–Kier alpha value is -3.33. The molecule has 0 bridgehead atoms. The minimum absolute atomic E-state index is 0.158. The first-order valence-corrected chi connectivity index (χ1v) is 8.43. The van der Waals surface area contributed by atoms with Gasteiger partial charge < -0.3 is 4.74 Å². The molecule has 26 heavy (non-hydrogen) atoms. The number of aromatic nitrogens is 1. The van der Waals surface area contributed by atoms with Crippen LogP contribution in [0, 0.1) is 10.1 Å². The van der Waals surface area contributed by atoms with Gasteiger partial charge in [0.25, 0.3) is 11.6 Å². The maximum Gasteiger partial charge on any atom is 0.338 e. The highest BCUT2D eigenvalue weighted by atomic mass is 32.1. The van der Waals surface area contributed by atoms with Crippen LogP contribution in [0.1, 0.15) is 27.6 Å². The molecule has 1 heterocycles. The van der Waals surface area contributed by atoms with Crippen molar-refractivity contribution in [1.82, 2.24) is 4.98 Å². The van der Waals surface area contributed by atoms with Gasteiger partial charge in [0.05, 0.1) is 27.3 Å². The number of nitro groups is 1. The zero-order valence-corrected chi connectivity index (χ0v) is 14.4. The van der Waals surface area contributed by atoms with Crippen LogP contribution in [0.5, 0.6) is 0 Å². The molecule has 0 radical (unpaired) electrons. The zero-order chi connectivity index (χ0) is 18.7. The molecular formula is C17H13N3O5S. The summed E-state index contributed by atoms with van der Waals surface area (Å²) in [5.41, 5.74) is 1.02. The first kappa shape index (κ1) is 17.5. The summed E-state index contributed by atoms with van der Waals surface area (Å²) in [6, 6.07) is 10.3. The van der Waals surface area contributed by atoms with Gasteiger partial charge in [-0.3, -0.25) is 20.2 Å². The van der Waals surface area contributed by atoms with Crippen molar-refractivity contribution in [2.45, 2.75) is 6.92 Å². The Morgan fingerprint density at radius 1 is 1.23 bits per heavy atom. The minimum Gasteiger partial charge on any atom is -0.462 e. The molecule has 3 aromatic rings. The number of rotatable bonds is 5. The number of nitro benzene ring substituents is 1. The first-order valence-electron chi connectivity index (χ1n) is 7.61. The van der Waals surface area contributed by atoms with Crippen molar-refractivity contribution in [3.63, 3.8) is 0 Å². The van der Waals surface area contributed by atoms with E-state index >= 15 is 0 Å². The molecule has 0 aliphatic heterocycles. The van der Waals surface area contributed by atoms with Crippen LogP contribution in [0.25, 0.3) is 10.2 Å². The monoisotopic (exact) mass is 371 g/mol. The fraction of sp³-hybridized carbons (Fsp3) is 0.118. The zero-order valence-electron chi connectivity index (χ0n) is 13.6. The predicted molar refractivity (Wildman–Crippen MR) is 96.6 cm³/mol. The minimum atomic E-state index is -0.564. The molecule has 0 spiro atoms. The van der Waals surface area contributed by atoms with Crippen LogP contribution in [0.2, 0.25) is 0 Å². The van der Waals surface area contributed by atoms with Crippen molar-refractivity contribution in [2.75, 3.05) is 11.9 Å². The lowest BCUT2D eigenvalue weighted by atomic mass is 10.2. The van der Waals surface area contributed by atoms with Crippen LogP contribution in [0.3, 0.4) is 0 Å². The fourth-order valence-corrected chi connectivity index (χ4v) is 3.15. The number of nitrogens with zero attached hydrogens (tertiary/aromatic N) is 2. The number of nitrogens with one attached hydrogen (secondary N) is 1. The number of thiazole rings is 1. The normalized spacial score (nSPS) is 10.5. The maximum atomic E-state index is 12.3. The second kappa shape index (κ2) is 7.28. The van der Waals surface area contributed by atoms with Gasteiger partial charge >= 0.3 is 5.97 Å². The summed E-state index contributed by atoms with van der Waals surface area (Å²) in [5, 5.41) is 13.8. The van der Waals surface area contributed by atoms with Gasteiger partial charge in [-0.25, -0.2) is 9.78 Å². The third-order valence-electron chi connectivity index (χ3n) is 3.44. The average Bonchev–Trinajstić information content (AvgIpc) is 3.03. The Morgan fingerprint density at radius 3 is 2.77 bits per heavy atom. The lowest BCUT2D eigenvalue weighted by Crippen LogP contribution is -2.11. The van der Waals surface area contributed by atoms with Gasteiger partial charge in [-0.15, -0.1) is 0 Å². The van der Waals surface area contributed by atoms with Gasteiger partial charge in [0.2, 0.25) is 0 Å². The van der Waals surface area contributed by atoms with Gasteiger partial charge in [-0.05, 0) is 31.2 Å². The van der Waals surface area contributed by atoms with Crippen LogP contribution in [-0.4, -0.2) is 28.4 Å². The molecule has 9 heteroatoms. The van der Waals surface area contributed by atoms with E-state index in [0.717, 1.165) is 0 Å². The lowest BCUT2D eigenvalue weighted by Gasteiger charge is -2.01. The molecule has 8 nitrogen and oxygen atoms in total. The van der Waals surface area contributed by atoms with Crippen LogP contribution >= 0.6 is 11.3 Å². The highest BCUT2D eigenvalue weighted by Gasteiger charge is 2.15. The van der Waals surface area contributed by atoms with Crippen molar-refractivity contribution in [1.29, 1.82) is 0 Å². The highest BCUT2D eigenvalue weighted by Crippen LogP contribution is 2.27. The topological polar surface area (TPSA) is 111 Å². The number of fused-ring (bicyclic) bond motifs is 1. The number of carbonyl (C=O) groups excluding carboxylic acids is 2. The first-order chi connectivity index (χ1) is 12.5. The Labute approximate surface area is 151 Å². The summed E-state index contributed by atoms with van der Waals surface area (Å²) in [6.07, 6.45) is 0. The molecule has 0 aliphatic rings. The third-order valence-corrected chi connectivity index (χ3v) is 4.37. The van der Waals surface area contributed by atoms with Gasteiger partial charge in [-0.2, -0.15) is 0 Å². The van der Waals surface area contributed by atoms with E-state index in [0.29, 0.717) is 20.9 Å². The van der Waals surface area contributed by atoms with E-state index in [4.69, 9.17) is 4.74 Å². The second-order valence-corrected chi connectivity index (χ2v) is 6.21. The molecule has 0 saturated carbocycles. The highest BCUT2D eigenvalue weighted by molar-refractivity contribution is 7.22. The van der Waals surface area contributed by atoms with Gasteiger partial charge in [0, 0.05) is 17.7 Å². The number of benzene rings is 2. The van der Waals surface area contributed by atoms with E-state index in [2.05, 4.69) is 10.3 Å². The van der Waals surface area contributed by atoms with E-state index < -0.39 is 16.8 Å². The number of ether oxygens (including phenoxy) is 1. The van der Waals surface area contributed by atoms with Crippen LogP contribution in [-0.2, 0) is 4.74 Å². The molecular weight excluding hydrogens is 358 g/mol. The van der Waals surface area contributed by atoms with E-state index in [-0.39, 0.29) is 17.9 Å². The number of carbonyl (C=O) groups is 2. The molecule has 0 atom stereocenters. The van der Waals surface area contributed by atoms with Crippen LogP contribution in [0.4, 0.5) is 10.8 Å². The van der Waals surface area contributed by atoms with Crippen molar-refractivity contribution in [2.24, 2.45) is 0 Å².